The molecule has 0 fully saturated rings. The zero-order valence-electron chi connectivity index (χ0n) is 15.7. The van der Waals surface area contributed by atoms with Crippen LogP contribution in [0.5, 0.6) is 11.5 Å². The van der Waals surface area contributed by atoms with E-state index in [-0.39, 0.29) is 5.91 Å². The van der Waals surface area contributed by atoms with E-state index >= 15 is 0 Å². The number of nitrogens with one attached hydrogen (secondary N) is 1. The number of aryl methyl sites for hydroxylation is 4. The zero-order valence-corrected chi connectivity index (χ0v) is 15.7. The SMILES string of the molecule is Cc1ccc(OCCNC(=O)[C@H](C)Oc2ccc(C)cc2C)c(C)c1. The van der Waals surface area contributed by atoms with Crippen molar-refractivity contribution >= 4 is 5.91 Å². The highest BCUT2D eigenvalue weighted by atomic mass is 16.5. The van der Waals surface area contributed by atoms with E-state index in [4.69, 9.17) is 9.47 Å². The van der Waals surface area contributed by atoms with Crippen LogP contribution in [0.3, 0.4) is 0 Å². The molecule has 0 aliphatic heterocycles. The number of hydrogen-bond donors (Lipinski definition) is 1. The van der Waals surface area contributed by atoms with Crippen LogP contribution >= 0.6 is 0 Å². The molecule has 0 saturated heterocycles. The van der Waals surface area contributed by atoms with Crippen LogP contribution in [-0.2, 0) is 4.79 Å². The van der Waals surface area contributed by atoms with Crippen LogP contribution < -0.4 is 14.8 Å². The van der Waals surface area contributed by atoms with Crippen LogP contribution in [0.1, 0.15) is 29.2 Å². The molecule has 0 saturated carbocycles. The van der Waals surface area contributed by atoms with Gasteiger partial charge in [0.15, 0.2) is 6.10 Å². The van der Waals surface area contributed by atoms with Crippen molar-refractivity contribution in [2.75, 3.05) is 13.2 Å². The average Bonchev–Trinajstić information content (AvgIpc) is 2.55. The van der Waals surface area contributed by atoms with Gasteiger partial charge in [-0.05, 0) is 57.9 Å². The fraction of sp³-hybridized carbons (Fsp3) is 0.381. The Hall–Kier alpha value is -2.49. The number of ether oxygens (including phenoxy) is 2. The van der Waals surface area contributed by atoms with Crippen molar-refractivity contribution in [3.05, 3.63) is 58.7 Å². The van der Waals surface area contributed by atoms with Gasteiger partial charge < -0.3 is 14.8 Å². The first-order valence-corrected chi connectivity index (χ1v) is 8.58. The topological polar surface area (TPSA) is 47.6 Å². The maximum atomic E-state index is 12.2. The van der Waals surface area contributed by atoms with E-state index in [0.717, 1.165) is 22.6 Å². The minimum atomic E-state index is -0.553. The Kier molecular flexibility index (Phi) is 6.45. The molecule has 1 atom stereocenters. The smallest absolute Gasteiger partial charge is 0.260 e. The Balaban J connectivity index is 1.77. The lowest BCUT2D eigenvalue weighted by atomic mass is 10.1. The van der Waals surface area contributed by atoms with Gasteiger partial charge in [0.2, 0.25) is 0 Å². The van der Waals surface area contributed by atoms with Gasteiger partial charge in [-0.3, -0.25) is 4.79 Å². The van der Waals surface area contributed by atoms with Gasteiger partial charge in [0.05, 0.1) is 6.54 Å². The van der Waals surface area contributed by atoms with Crippen molar-refractivity contribution < 1.29 is 14.3 Å². The van der Waals surface area contributed by atoms with Gasteiger partial charge in [-0.15, -0.1) is 0 Å². The third kappa shape index (κ3) is 5.52. The molecule has 2 aromatic carbocycles. The Bertz CT molecular complexity index is 740. The number of amides is 1. The number of rotatable bonds is 7. The number of hydrogen-bond acceptors (Lipinski definition) is 3. The van der Waals surface area contributed by atoms with Gasteiger partial charge >= 0.3 is 0 Å². The Morgan fingerprint density at radius 2 is 1.52 bits per heavy atom. The molecule has 0 spiro atoms. The first kappa shape index (κ1) is 18.8. The maximum Gasteiger partial charge on any atom is 0.260 e. The molecule has 0 aromatic heterocycles. The molecule has 0 aliphatic rings. The predicted molar refractivity (Wildman–Crippen MR) is 100 cm³/mol. The fourth-order valence-electron chi connectivity index (χ4n) is 2.62. The van der Waals surface area contributed by atoms with E-state index in [2.05, 4.69) is 11.4 Å². The summed E-state index contributed by atoms with van der Waals surface area (Å²) < 4.78 is 11.5. The van der Waals surface area contributed by atoms with Crippen LogP contribution in [0.2, 0.25) is 0 Å². The molecule has 2 rings (SSSR count). The van der Waals surface area contributed by atoms with Crippen molar-refractivity contribution in [1.29, 1.82) is 0 Å². The zero-order chi connectivity index (χ0) is 18.4. The van der Waals surface area contributed by atoms with Crippen molar-refractivity contribution in [3.63, 3.8) is 0 Å². The lowest BCUT2D eigenvalue weighted by Gasteiger charge is -2.17. The molecule has 0 heterocycles. The Labute approximate surface area is 150 Å². The van der Waals surface area contributed by atoms with Gasteiger partial charge in [-0.2, -0.15) is 0 Å². The second-order valence-electron chi connectivity index (χ2n) is 6.44. The predicted octanol–water partition coefficient (Wildman–Crippen LogP) is 3.88. The standard InChI is InChI=1S/C21H27NO3/c1-14-6-8-19(16(3)12-14)24-11-10-22-21(23)18(5)25-20-9-7-15(2)13-17(20)4/h6-9,12-13,18H,10-11H2,1-5H3,(H,22,23)/t18-/m0/s1. The van der Waals surface area contributed by atoms with Gasteiger partial charge in [0.1, 0.15) is 18.1 Å². The largest absolute Gasteiger partial charge is 0.491 e. The van der Waals surface area contributed by atoms with Crippen molar-refractivity contribution in [2.24, 2.45) is 0 Å². The van der Waals surface area contributed by atoms with E-state index in [1.807, 2.05) is 58.0 Å². The number of carbonyl (C=O) groups excluding carboxylic acids is 1. The minimum Gasteiger partial charge on any atom is -0.491 e. The second-order valence-corrected chi connectivity index (χ2v) is 6.44. The lowest BCUT2D eigenvalue weighted by molar-refractivity contribution is -0.127. The molecule has 0 radical (unpaired) electrons. The summed E-state index contributed by atoms with van der Waals surface area (Å²) in [5, 5.41) is 2.85. The average molecular weight is 341 g/mol. The van der Waals surface area contributed by atoms with Gasteiger partial charge in [0, 0.05) is 0 Å². The monoisotopic (exact) mass is 341 g/mol. The van der Waals surface area contributed by atoms with Crippen molar-refractivity contribution in [3.8, 4) is 11.5 Å². The van der Waals surface area contributed by atoms with Crippen molar-refractivity contribution in [1.82, 2.24) is 5.32 Å². The third-order valence-corrected chi connectivity index (χ3v) is 3.99. The molecular weight excluding hydrogens is 314 g/mol. The fourth-order valence-corrected chi connectivity index (χ4v) is 2.62. The number of benzene rings is 2. The molecule has 4 heteroatoms. The summed E-state index contributed by atoms with van der Waals surface area (Å²) in [5.74, 6) is 1.43. The molecule has 1 amide bonds. The highest BCUT2D eigenvalue weighted by Crippen LogP contribution is 2.20. The Morgan fingerprint density at radius 3 is 2.08 bits per heavy atom. The van der Waals surface area contributed by atoms with Crippen LogP contribution in [0, 0.1) is 27.7 Å². The molecule has 4 nitrogen and oxygen atoms in total. The maximum absolute atomic E-state index is 12.2. The lowest BCUT2D eigenvalue weighted by Crippen LogP contribution is -2.38. The summed E-state index contributed by atoms with van der Waals surface area (Å²) in [6.07, 6.45) is -0.553. The van der Waals surface area contributed by atoms with E-state index in [1.54, 1.807) is 6.92 Å². The minimum absolute atomic E-state index is 0.149. The second kappa shape index (κ2) is 8.56. The summed E-state index contributed by atoms with van der Waals surface area (Å²) in [4.78, 5) is 12.2. The molecule has 2 aromatic rings. The molecule has 134 valence electrons. The van der Waals surface area contributed by atoms with E-state index in [0.29, 0.717) is 13.2 Å². The summed E-state index contributed by atoms with van der Waals surface area (Å²) in [6, 6.07) is 12.0. The third-order valence-electron chi connectivity index (χ3n) is 3.99. The molecule has 0 bridgehead atoms. The molecule has 1 N–H and O–H groups in total. The van der Waals surface area contributed by atoms with Gasteiger partial charge in [-0.25, -0.2) is 0 Å². The van der Waals surface area contributed by atoms with Crippen LogP contribution in [0.25, 0.3) is 0 Å². The normalized spacial score (nSPS) is 11.7. The van der Waals surface area contributed by atoms with E-state index in [9.17, 15) is 4.79 Å². The number of carbonyl (C=O) groups is 1. The quantitative estimate of drug-likeness (QED) is 0.778. The van der Waals surface area contributed by atoms with Crippen LogP contribution in [-0.4, -0.2) is 25.2 Å². The first-order valence-electron chi connectivity index (χ1n) is 8.58. The molecular formula is C21H27NO3. The Morgan fingerprint density at radius 1 is 0.960 bits per heavy atom. The van der Waals surface area contributed by atoms with E-state index < -0.39 is 6.10 Å². The highest BCUT2D eigenvalue weighted by molar-refractivity contribution is 5.80. The van der Waals surface area contributed by atoms with Crippen LogP contribution in [0.4, 0.5) is 0 Å². The molecule has 25 heavy (non-hydrogen) atoms. The summed E-state index contributed by atoms with van der Waals surface area (Å²) in [7, 11) is 0. The summed E-state index contributed by atoms with van der Waals surface area (Å²) in [5.41, 5.74) is 4.50. The molecule has 0 aliphatic carbocycles. The van der Waals surface area contributed by atoms with Crippen LogP contribution in [0.15, 0.2) is 36.4 Å². The van der Waals surface area contributed by atoms with Crippen molar-refractivity contribution in [2.45, 2.75) is 40.7 Å². The summed E-state index contributed by atoms with van der Waals surface area (Å²) in [6.45, 7) is 10.7. The molecule has 0 unspecified atom stereocenters. The van der Waals surface area contributed by atoms with E-state index in [1.165, 1.54) is 11.1 Å². The first-order chi connectivity index (χ1) is 11.9. The summed E-state index contributed by atoms with van der Waals surface area (Å²) >= 11 is 0. The highest BCUT2D eigenvalue weighted by Gasteiger charge is 2.15. The van der Waals surface area contributed by atoms with Gasteiger partial charge in [-0.1, -0.05) is 35.4 Å². The van der Waals surface area contributed by atoms with Gasteiger partial charge in [0.25, 0.3) is 5.91 Å².